The molecule has 7 heteroatoms. The number of nitrogen functional groups attached to an aromatic ring is 1. The van der Waals surface area contributed by atoms with E-state index in [1.165, 1.54) is 12.1 Å². The number of nitrogens with zero attached hydrogens (tertiary/aromatic N) is 3. The molecule has 0 unspecified atom stereocenters. The number of anilines is 1. The molecule has 0 aliphatic carbocycles. The van der Waals surface area contributed by atoms with Crippen molar-refractivity contribution in [2.24, 2.45) is 0 Å². The Morgan fingerprint density at radius 1 is 1.00 bits per heavy atom. The summed E-state index contributed by atoms with van der Waals surface area (Å²) in [7, 11) is -3.86. The molecule has 2 N–H and O–H groups in total. The average Bonchev–Trinajstić information content (AvgIpc) is 2.91. The van der Waals surface area contributed by atoms with Gasteiger partial charge in [-0.1, -0.05) is 48.0 Å². The van der Waals surface area contributed by atoms with Crippen LogP contribution >= 0.6 is 0 Å². The predicted molar refractivity (Wildman–Crippen MR) is 83.6 cm³/mol. The van der Waals surface area contributed by atoms with Crippen LogP contribution in [0.15, 0.2) is 59.5 Å². The molecule has 22 heavy (non-hydrogen) atoms. The lowest BCUT2D eigenvalue weighted by Crippen LogP contribution is -2.17. The quantitative estimate of drug-likeness (QED) is 0.799. The van der Waals surface area contributed by atoms with Gasteiger partial charge in [-0.15, -0.1) is 9.19 Å². The fraction of sp³-hybridized carbons (Fsp3) is 0.0667. The van der Waals surface area contributed by atoms with Crippen LogP contribution in [-0.4, -0.2) is 22.6 Å². The van der Waals surface area contributed by atoms with E-state index in [9.17, 15) is 8.42 Å². The molecule has 0 aliphatic heterocycles. The van der Waals surface area contributed by atoms with Crippen molar-refractivity contribution in [1.82, 2.24) is 14.2 Å². The van der Waals surface area contributed by atoms with Crippen LogP contribution in [0.5, 0.6) is 0 Å². The minimum Gasteiger partial charge on any atom is -0.367 e. The largest absolute Gasteiger partial charge is 0.367 e. The Hall–Kier alpha value is -2.67. The summed E-state index contributed by atoms with van der Waals surface area (Å²) in [5.41, 5.74) is 7.41. The van der Waals surface area contributed by atoms with Crippen LogP contribution in [0, 0.1) is 6.92 Å². The van der Waals surface area contributed by atoms with Crippen LogP contribution < -0.4 is 5.73 Å². The number of nitrogens with two attached hydrogens (primary N) is 1. The molecule has 6 nitrogen and oxygen atoms in total. The molecule has 2 aromatic carbocycles. The van der Waals surface area contributed by atoms with Gasteiger partial charge in [0, 0.05) is 5.56 Å². The van der Waals surface area contributed by atoms with E-state index in [0.29, 0.717) is 5.56 Å². The molecule has 0 atom stereocenters. The number of aryl methyl sites for hydroxylation is 1. The maximum absolute atomic E-state index is 12.6. The lowest BCUT2D eigenvalue weighted by Gasteiger charge is -2.05. The summed E-state index contributed by atoms with van der Waals surface area (Å²) in [5.74, 6) is 0.105. The fourth-order valence-electron chi connectivity index (χ4n) is 2.01. The van der Waals surface area contributed by atoms with E-state index in [4.69, 9.17) is 5.73 Å². The Labute approximate surface area is 128 Å². The fourth-order valence-corrected chi connectivity index (χ4v) is 3.16. The van der Waals surface area contributed by atoms with Gasteiger partial charge in [-0.2, -0.15) is 13.4 Å². The van der Waals surface area contributed by atoms with E-state index in [-0.39, 0.29) is 16.7 Å². The van der Waals surface area contributed by atoms with E-state index in [0.717, 1.165) is 9.65 Å². The lowest BCUT2D eigenvalue weighted by atomic mass is 10.2. The number of hydrogen-bond acceptors (Lipinski definition) is 5. The highest BCUT2D eigenvalue weighted by Crippen LogP contribution is 2.20. The Morgan fingerprint density at radius 3 is 2.27 bits per heavy atom. The van der Waals surface area contributed by atoms with Gasteiger partial charge in [-0.05, 0) is 19.1 Å². The van der Waals surface area contributed by atoms with Gasteiger partial charge in [-0.3, -0.25) is 0 Å². The van der Waals surface area contributed by atoms with Gasteiger partial charge in [0.25, 0.3) is 10.0 Å². The minimum absolute atomic E-state index is 0.120. The molecule has 3 aromatic rings. The molecular weight excluding hydrogens is 300 g/mol. The van der Waals surface area contributed by atoms with Crippen molar-refractivity contribution in [3.8, 4) is 11.4 Å². The summed E-state index contributed by atoms with van der Waals surface area (Å²) < 4.78 is 25.9. The zero-order valence-electron chi connectivity index (χ0n) is 11.8. The first-order chi connectivity index (χ1) is 10.5. The van der Waals surface area contributed by atoms with Crippen LogP contribution in [0.1, 0.15) is 5.56 Å². The molecule has 0 spiro atoms. The van der Waals surface area contributed by atoms with Crippen molar-refractivity contribution >= 4 is 16.0 Å². The molecule has 0 aliphatic rings. The first-order valence-electron chi connectivity index (χ1n) is 6.59. The number of benzene rings is 2. The molecule has 0 amide bonds. The topological polar surface area (TPSA) is 90.9 Å². The van der Waals surface area contributed by atoms with Crippen LogP contribution in [0.4, 0.5) is 5.95 Å². The van der Waals surface area contributed by atoms with Crippen LogP contribution in [0.25, 0.3) is 11.4 Å². The monoisotopic (exact) mass is 314 g/mol. The van der Waals surface area contributed by atoms with E-state index in [2.05, 4.69) is 10.1 Å². The van der Waals surface area contributed by atoms with Crippen molar-refractivity contribution in [1.29, 1.82) is 0 Å². The van der Waals surface area contributed by atoms with Gasteiger partial charge in [0.15, 0.2) is 5.82 Å². The highest BCUT2D eigenvalue weighted by molar-refractivity contribution is 7.90. The van der Waals surface area contributed by atoms with Gasteiger partial charge in [0.05, 0.1) is 4.90 Å². The zero-order chi connectivity index (χ0) is 15.7. The first kappa shape index (κ1) is 14.3. The second-order valence-corrected chi connectivity index (χ2v) is 6.59. The summed E-state index contributed by atoms with van der Waals surface area (Å²) >= 11 is 0. The van der Waals surface area contributed by atoms with E-state index >= 15 is 0 Å². The Kier molecular flexibility index (Phi) is 3.42. The van der Waals surface area contributed by atoms with Gasteiger partial charge in [0.1, 0.15) is 0 Å². The van der Waals surface area contributed by atoms with Crippen molar-refractivity contribution in [3.63, 3.8) is 0 Å². The summed E-state index contributed by atoms with van der Waals surface area (Å²) in [6, 6.07) is 15.6. The van der Waals surface area contributed by atoms with Crippen molar-refractivity contribution in [3.05, 3.63) is 60.2 Å². The normalized spacial score (nSPS) is 11.5. The summed E-state index contributed by atoms with van der Waals surface area (Å²) in [6.45, 7) is 1.88. The molecule has 3 rings (SSSR count). The second-order valence-electron chi connectivity index (χ2n) is 4.82. The number of rotatable bonds is 3. The first-order valence-corrected chi connectivity index (χ1v) is 8.03. The molecule has 0 bridgehead atoms. The number of hydrogen-bond donors (Lipinski definition) is 1. The molecule has 1 aromatic heterocycles. The molecule has 0 fully saturated rings. The van der Waals surface area contributed by atoms with Crippen molar-refractivity contribution < 1.29 is 8.42 Å². The van der Waals surface area contributed by atoms with Crippen LogP contribution in [-0.2, 0) is 10.0 Å². The van der Waals surface area contributed by atoms with E-state index in [1.54, 1.807) is 24.3 Å². The van der Waals surface area contributed by atoms with Gasteiger partial charge < -0.3 is 5.73 Å². The molecule has 0 radical (unpaired) electrons. The molecule has 0 saturated heterocycles. The Balaban J connectivity index is 2.09. The highest BCUT2D eigenvalue weighted by atomic mass is 32.2. The third kappa shape index (κ3) is 2.46. The van der Waals surface area contributed by atoms with Gasteiger partial charge in [0.2, 0.25) is 5.95 Å². The Morgan fingerprint density at radius 2 is 1.64 bits per heavy atom. The average molecular weight is 314 g/mol. The standard InChI is InChI=1S/C15H14N4O2S/c1-11-7-9-13(10-8-11)22(20,21)19-15(16)17-14(18-19)12-5-3-2-4-6-12/h2-10H,1H3,(H2,16,17,18). The van der Waals surface area contributed by atoms with E-state index in [1.807, 2.05) is 25.1 Å². The smallest absolute Gasteiger partial charge is 0.286 e. The SMILES string of the molecule is Cc1ccc(S(=O)(=O)n2nc(-c3ccccc3)nc2N)cc1. The maximum Gasteiger partial charge on any atom is 0.286 e. The molecule has 1 heterocycles. The predicted octanol–water partition coefficient (Wildman–Crippen LogP) is 2.07. The van der Waals surface area contributed by atoms with Crippen molar-refractivity contribution in [2.45, 2.75) is 11.8 Å². The second kappa shape index (κ2) is 5.27. The lowest BCUT2D eigenvalue weighted by molar-refractivity contribution is 0.581. The third-order valence-corrected chi connectivity index (χ3v) is 4.77. The summed E-state index contributed by atoms with van der Waals surface area (Å²) in [4.78, 5) is 4.16. The Bertz CT molecular complexity index is 900. The molecular formula is C15H14N4O2S. The van der Waals surface area contributed by atoms with Crippen LogP contribution in [0.3, 0.4) is 0 Å². The molecule has 112 valence electrons. The minimum atomic E-state index is -3.86. The van der Waals surface area contributed by atoms with Crippen molar-refractivity contribution in [2.75, 3.05) is 5.73 Å². The zero-order valence-corrected chi connectivity index (χ0v) is 12.7. The maximum atomic E-state index is 12.6. The van der Waals surface area contributed by atoms with E-state index < -0.39 is 10.0 Å². The summed E-state index contributed by atoms with van der Waals surface area (Å²) in [6.07, 6.45) is 0. The van der Waals surface area contributed by atoms with Crippen LogP contribution in [0.2, 0.25) is 0 Å². The third-order valence-electron chi connectivity index (χ3n) is 3.18. The molecule has 0 saturated carbocycles. The highest BCUT2D eigenvalue weighted by Gasteiger charge is 2.22. The van der Waals surface area contributed by atoms with Gasteiger partial charge >= 0.3 is 0 Å². The summed E-state index contributed by atoms with van der Waals surface area (Å²) in [5, 5.41) is 4.04. The number of aromatic nitrogens is 3. The van der Waals surface area contributed by atoms with Gasteiger partial charge in [-0.25, -0.2) is 0 Å².